The Bertz CT molecular complexity index is 311. The van der Waals surface area contributed by atoms with Gasteiger partial charge in [0.15, 0.2) is 0 Å². The van der Waals surface area contributed by atoms with Gasteiger partial charge in [0.25, 0.3) is 0 Å². The molecule has 0 aromatic rings. The van der Waals surface area contributed by atoms with Gasteiger partial charge >= 0.3 is 0 Å². The minimum absolute atomic E-state index is 0.916. The molecule has 0 radical (unpaired) electrons. The zero-order chi connectivity index (χ0) is 15.7. The van der Waals surface area contributed by atoms with Gasteiger partial charge in [-0.3, -0.25) is 4.99 Å². The molecular formula is C18H33N. The van der Waals surface area contributed by atoms with E-state index in [1.165, 1.54) is 5.57 Å². The lowest BCUT2D eigenvalue weighted by atomic mass is 10.1. The van der Waals surface area contributed by atoms with Crippen molar-refractivity contribution in [2.24, 2.45) is 4.99 Å². The third-order valence-corrected chi connectivity index (χ3v) is 1.83. The van der Waals surface area contributed by atoms with Gasteiger partial charge in [-0.15, -0.1) is 0 Å². The lowest BCUT2D eigenvalue weighted by Gasteiger charge is -2.02. The molecule has 0 aliphatic heterocycles. The van der Waals surface area contributed by atoms with E-state index in [1.54, 1.807) is 0 Å². The van der Waals surface area contributed by atoms with Gasteiger partial charge in [0.05, 0.1) is 0 Å². The Balaban J connectivity index is -0.000000579. The quantitative estimate of drug-likeness (QED) is 0.396. The number of allylic oxidation sites excluding steroid dienone is 6. The molecule has 1 nitrogen and oxygen atoms in total. The van der Waals surface area contributed by atoms with E-state index in [0.717, 1.165) is 17.7 Å². The maximum absolute atomic E-state index is 4.45. The third kappa shape index (κ3) is 14.6. The molecule has 0 unspecified atom stereocenters. The van der Waals surface area contributed by atoms with Crippen molar-refractivity contribution in [3.8, 4) is 0 Å². The van der Waals surface area contributed by atoms with E-state index in [4.69, 9.17) is 0 Å². The highest BCUT2D eigenvalue weighted by Gasteiger charge is 1.98. The van der Waals surface area contributed by atoms with Gasteiger partial charge in [-0.05, 0) is 32.8 Å². The zero-order valence-corrected chi connectivity index (χ0v) is 14.2. The summed E-state index contributed by atoms with van der Waals surface area (Å²) in [5, 5.41) is 0. The van der Waals surface area contributed by atoms with Crippen molar-refractivity contribution < 1.29 is 0 Å². The number of hydrogen-bond acceptors (Lipinski definition) is 1. The van der Waals surface area contributed by atoms with Crippen LogP contribution in [0, 0.1) is 0 Å². The Morgan fingerprint density at radius 1 is 1.11 bits per heavy atom. The van der Waals surface area contributed by atoms with Gasteiger partial charge in [0.1, 0.15) is 0 Å². The number of hydrogen-bond donors (Lipinski definition) is 0. The van der Waals surface area contributed by atoms with Crippen molar-refractivity contribution in [2.45, 2.75) is 61.8 Å². The average Bonchev–Trinajstić information content (AvgIpc) is 2.46. The summed E-state index contributed by atoms with van der Waals surface area (Å²) in [6, 6.07) is 0. The van der Waals surface area contributed by atoms with Crippen LogP contribution < -0.4 is 0 Å². The topological polar surface area (TPSA) is 12.4 Å². The van der Waals surface area contributed by atoms with Crippen molar-refractivity contribution in [3.63, 3.8) is 0 Å². The van der Waals surface area contributed by atoms with Gasteiger partial charge in [0.2, 0.25) is 0 Å². The van der Waals surface area contributed by atoms with Crippen LogP contribution in [0.25, 0.3) is 0 Å². The van der Waals surface area contributed by atoms with Crippen LogP contribution in [-0.2, 0) is 0 Å². The summed E-state index contributed by atoms with van der Waals surface area (Å²) in [5.74, 6) is 0. The standard InChI is InChI=1S/C14H21N.2C2H6/c1-6-9-10-13(7-2)14(8-3)15-11-12(4)5;2*1-2/h6-7,9-11H,2,8H2,1,3-5H3;2*1-2H3/b9-6-,13-10+,15-14?;;. The van der Waals surface area contributed by atoms with Crippen LogP contribution in [0.5, 0.6) is 0 Å². The second-order valence-electron chi connectivity index (χ2n) is 3.49. The fraction of sp³-hybridized carbons (Fsp3) is 0.500. The summed E-state index contributed by atoms with van der Waals surface area (Å²) in [6.07, 6.45) is 10.7. The molecule has 0 atom stereocenters. The van der Waals surface area contributed by atoms with Gasteiger partial charge in [-0.1, -0.05) is 71.1 Å². The molecule has 0 amide bonds. The summed E-state index contributed by atoms with van der Waals surface area (Å²) in [6.45, 7) is 20.0. The predicted molar refractivity (Wildman–Crippen MR) is 92.9 cm³/mol. The molecule has 0 spiro atoms. The normalized spacial score (nSPS) is 10.9. The summed E-state index contributed by atoms with van der Waals surface area (Å²) in [5.41, 5.74) is 3.37. The maximum Gasteiger partial charge on any atom is 0.0472 e. The lowest BCUT2D eigenvalue weighted by Crippen LogP contribution is -1.98. The fourth-order valence-corrected chi connectivity index (χ4v) is 1.06. The molecular weight excluding hydrogens is 230 g/mol. The minimum Gasteiger partial charge on any atom is -0.261 e. The van der Waals surface area contributed by atoms with Crippen molar-refractivity contribution in [1.29, 1.82) is 0 Å². The lowest BCUT2D eigenvalue weighted by molar-refractivity contribution is 1.24. The molecule has 0 heterocycles. The highest BCUT2D eigenvalue weighted by molar-refractivity contribution is 6.02. The Hall–Kier alpha value is -1.37. The maximum atomic E-state index is 4.45. The first-order chi connectivity index (χ1) is 9.15. The highest BCUT2D eigenvalue weighted by atomic mass is 14.7. The molecule has 0 aliphatic carbocycles. The number of rotatable bonds is 5. The number of nitrogens with zero attached hydrogens (tertiary/aromatic N) is 1. The summed E-state index contributed by atoms with van der Waals surface area (Å²) < 4.78 is 0. The summed E-state index contributed by atoms with van der Waals surface area (Å²) in [4.78, 5) is 4.45. The van der Waals surface area contributed by atoms with E-state index >= 15 is 0 Å². The Morgan fingerprint density at radius 3 is 1.95 bits per heavy atom. The average molecular weight is 263 g/mol. The predicted octanol–water partition coefficient (Wildman–Crippen LogP) is 6.50. The van der Waals surface area contributed by atoms with E-state index < -0.39 is 0 Å². The molecule has 0 saturated heterocycles. The van der Waals surface area contributed by atoms with Crippen LogP contribution >= 0.6 is 0 Å². The molecule has 110 valence electrons. The smallest absolute Gasteiger partial charge is 0.0472 e. The molecule has 0 saturated carbocycles. The van der Waals surface area contributed by atoms with E-state index in [2.05, 4.69) is 18.5 Å². The second-order valence-corrected chi connectivity index (χ2v) is 3.49. The van der Waals surface area contributed by atoms with Crippen molar-refractivity contribution in [3.05, 3.63) is 48.2 Å². The second kappa shape index (κ2) is 19.0. The molecule has 0 bridgehead atoms. The molecule has 0 aliphatic rings. The largest absolute Gasteiger partial charge is 0.261 e. The highest BCUT2D eigenvalue weighted by Crippen LogP contribution is 2.06. The molecule has 1 heteroatoms. The SMILES string of the molecule is C=C/C(=C\C=C/C)C(CC)=NC=C(C)C.CC.CC. The molecule has 0 fully saturated rings. The van der Waals surface area contributed by atoms with Crippen LogP contribution in [-0.4, -0.2) is 5.71 Å². The van der Waals surface area contributed by atoms with Crippen LogP contribution in [0.4, 0.5) is 0 Å². The molecule has 19 heavy (non-hydrogen) atoms. The third-order valence-electron chi connectivity index (χ3n) is 1.83. The first-order valence-electron chi connectivity index (χ1n) is 7.31. The first-order valence-corrected chi connectivity index (χ1v) is 7.31. The van der Waals surface area contributed by atoms with E-state index in [0.29, 0.717) is 0 Å². The Labute approximate surface area is 121 Å². The van der Waals surface area contributed by atoms with Crippen LogP contribution in [0.2, 0.25) is 0 Å². The van der Waals surface area contributed by atoms with E-state index in [9.17, 15) is 0 Å². The van der Waals surface area contributed by atoms with Crippen LogP contribution in [0.15, 0.2) is 53.2 Å². The molecule has 0 rings (SSSR count). The summed E-state index contributed by atoms with van der Waals surface area (Å²) >= 11 is 0. The van der Waals surface area contributed by atoms with Gasteiger partial charge < -0.3 is 0 Å². The van der Waals surface area contributed by atoms with Crippen molar-refractivity contribution >= 4 is 5.71 Å². The number of aliphatic imine (C=N–C) groups is 1. The van der Waals surface area contributed by atoms with E-state index in [1.807, 2.05) is 79.0 Å². The van der Waals surface area contributed by atoms with Crippen molar-refractivity contribution in [2.75, 3.05) is 0 Å². The Kier molecular flexibility index (Phi) is 22.8. The van der Waals surface area contributed by atoms with Gasteiger partial charge in [0, 0.05) is 11.9 Å². The minimum atomic E-state index is 0.916. The zero-order valence-electron chi connectivity index (χ0n) is 14.2. The van der Waals surface area contributed by atoms with Crippen LogP contribution in [0.1, 0.15) is 61.8 Å². The fourth-order valence-electron chi connectivity index (χ4n) is 1.06. The van der Waals surface area contributed by atoms with E-state index in [-0.39, 0.29) is 0 Å². The van der Waals surface area contributed by atoms with Crippen LogP contribution in [0.3, 0.4) is 0 Å². The summed E-state index contributed by atoms with van der Waals surface area (Å²) in [7, 11) is 0. The molecule has 0 aromatic heterocycles. The first kappa shape index (κ1) is 22.8. The van der Waals surface area contributed by atoms with Gasteiger partial charge in [-0.2, -0.15) is 0 Å². The monoisotopic (exact) mass is 263 g/mol. The van der Waals surface area contributed by atoms with Crippen molar-refractivity contribution in [1.82, 2.24) is 0 Å². The molecule has 0 aromatic carbocycles. The Morgan fingerprint density at radius 2 is 1.63 bits per heavy atom. The molecule has 0 N–H and O–H groups in total. The van der Waals surface area contributed by atoms with Gasteiger partial charge in [-0.25, -0.2) is 0 Å².